The van der Waals surface area contributed by atoms with Crippen molar-refractivity contribution < 1.29 is 0 Å². The summed E-state index contributed by atoms with van der Waals surface area (Å²) in [4.78, 5) is 9.95. The molecule has 0 radical (unpaired) electrons. The van der Waals surface area contributed by atoms with Crippen molar-refractivity contribution in [3.8, 4) is 11.1 Å². The van der Waals surface area contributed by atoms with Gasteiger partial charge in [-0.15, -0.1) is 11.3 Å². The molecular formula is C21H18ClN3S. The van der Waals surface area contributed by atoms with Crippen LogP contribution in [0.25, 0.3) is 21.3 Å². The Hall–Kier alpha value is -2.43. The van der Waals surface area contributed by atoms with E-state index in [4.69, 9.17) is 11.6 Å². The maximum Gasteiger partial charge on any atom is 0.143 e. The van der Waals surface area contributed by atoms with Crippen molar-refractivity contribution >= 4 is 44.7 Å². The van der Waals surface area contributed by atoms with E-state index in [0.29, 0.717) is 5.92 Å². The first kappa shape index (κ1) is 17.0. The quantitative estimate of drug-likeness (QED) is 0.420. The molecule has 0 aliphatic heterocycles. The van der Waals surface area contributed by atoms with Crippen molar-refractivity contribution in [2.75, 3.05) is 5.32 Å². The highest BCUT2D eigenvalue weighted by atomic mass is 35.5. The van der Waals surface area contributed by atoms with E-state index in [1.54, 1.807) is 17.7 Å². The molecule has 0 atom stereocenters. The average Bonchev–Trinajstić information content (AvgIpc) is 3.08. The summed E-state index contributed by atoms with van der Waals surface area (Å²) in [6.07, 6.45) is 1.62. The molecule has 0 amide bonds. The lowest BCUT2D eigenvalue weighted by atomic mass is 10.0. The van der Waals surface area contributed by atoms with Crippen molar-refractivity contribution in [1.29, 1.82) is 0 Å². The molecule has 130 valence electrons. The van der Waals surface area contributed by atoms with Crippen LogP contribution in [-0.2, 0) is 0 Å². The summed E-state index contributed by atoms with van der Waals surface area (Å²) in [6, 6.07) is 16.2. The van der Waals surface area contributed by atoms with E-state index >= 15 is 0 Å². The van der Waals surface area contributed by atoms with Crippen LogP contribution in [0, 0.1) is 0 Å². The third-order valence-electron chi connectivity index (χ3n) is 4.36. The fourth-order valence-electron chi connectivity index (χ4n) is 3.05. The van der Waals surface area contributed by atoms with Crippen LogP contribution in [0.4, 0.5) is 11.5 Å². The Morgan fingerprint density at radius 2 is 1.77 bits per heavy atom. The highest BCUT2D eigenvalue weighted by molar-refractivity contribution is 7.17. The highest BCUT2D eigenvalue weighted by Crippen LogP contribution is 2.38. The van der Waals surface area contributed by atoms with Gasteiger partial charge in [-0.3, -0.25) is 0 Å². The maximum absolute atomic E-state index is 6.04. The number of nitrogens with one attached hydrogen (secondary N) is 1. The Morgan fingerprint density at radius 3 is 2.54 bits per heavy atom. The third-order valence-corrected chi connectivity index (χ3v) is 5.50. The van der Waals surface area contributed by atoms with Gasteiger partial charge in [0.15, 0.2) is 0 Å². The molecule has 0 saturated heterocycles. The van der Waals surface area contributed by atoms with Crippen LogP contribution in [0.5, 0.6) is 0 Å². The van der Waals surface area contributed by atoms with Gasteiger partial charge in [0.25, 0.3) is 0 Å². The molecule has 0 bridgehead atoms. The largest absolute Gasteiger partial charge is 0.339 e. The number of fused-ring (bicyclic) bond motifs is 1. The molecular weight excluding hydrogens is 362 g/mol. The zero-order valence-electron chi connectivity index (χ0n) is 14.5. The van der Waals surface area contributed by atoms with Gasteiger partial charge >= 0.3 is 0 Å². The number of anilines is 2. The molecule has 5 heteroatoms. The van der Waals surface area contributed by atoms with Crippen LogP contribution < -0.4 is 5.32 Å². The number of rotatable bonds is 4. The van der Waals surface area contributed by atoms with E-state index in [0.717, 1.165) is 37.9 Å². The van der Waals surface area contributed by atoms with Gasteiger partial charge in [0, 0.05) is 21.7 Å². The van der Waals surface area contributed by atoms with Gasteiger partial charge in [0.2, 0.25) is 0 Å². The second-order valence-electron chi connectivity index (χ2n) is 6.43. The molecule has 3 nitrogen and oxygen atoms in total. The Morgan fingerprint density at radius 1 is 1.00 bits per heavy atom. The fraction of sp³-hybridized carbons (Fsp3) is 0.143. The summed E-state index contributed by atoms with van der Waals surface area (Å²) in [5, 5.41) is 7.43. The second-order valence-corrected chi connectivity index (χ2v) is 7.72. The molecule has 2 heterocycles. The number of para-hydroxylation sites is 1. The summed E-state index contributed by atoms with van der Waals surface area (Å²) in [5.41, 5.74) is 4.57. The summed E-state index contributed by atoms with van der Waals surface area (Å²) >= 11 is 7.67. The van der Waals surface area contributed by atoms with Gasteiger partial charge in [0.05, 0.1) is 5.39 Å². The topological polar surface area (TPSA) is 37.8 Å². The van der Waals surface area contributed by atoms with Gasteiger partial charge in [-0.25, -0.2) is 9.97 Å². The van der Waals surface area contributed by atoms with Crippen LogP contribution in [0.3, 0.4) is 0 Å². The Bertz CT molecular complexity index is 1050. The van der Waals surface area contributed by atoms with Crippen molar-refractivity contribution in [3.63, 3.8) is 0 Å². The van der Waals surface area contributed by atoms with Crippen LogP contribution in [0.2, 0.25) is 5.02 Å². The van der Waals surface area contributed by atoms with Crippen LogP contribution in [-0.4, -0.2) is 9.97 Å². The Labute approximate surface area is 161 Å². The first-order valence-electron chi connectivity index (χ1n) is 8.47. The first-order valence-corrected chi connectivity index (χ1v) is 9.73. The molecule has 0 aliphatic carbocycles. The molecule has 2 aromatic heterocycles. The molecule has 26 heavy (non-hydrogen) atoms. The molecule has 2 aromatic carbocycles. The molecule has 0 saturated carbocycles. The molecule has 0 aliphatic rings. The van der Waals surface area contributed by atoms with E-state index in [2.05, 4.69) is 52.7 Å². The Balaban J connectivity index is 1.84. The first-order chi connectivity index (χ1) is 12.6. The van der Waals surface area contributed by atoms with Crippen LogP contribution in [0.15, 0.2) is 60.2 Å². The number of thiophene rings is 1. The highest BCUT2D eigenvalue weighted by Gasteiger charge is 2.15. The van der Waals surface area contributed by atoms with Gasteiger partial charge in [-0.2, -0.15) is 0 Å². The standard InChI is InChI=1S/C21H18ClN3S/c1-13(2)16-5-3-4-6-18(16)25-20-19-17(11-26-21(19)24-12-23-20)14-7-9-15(22)10-8-14/h3-13H,1-2H3,(H,23,24,25). The van der Waals surface area contributed by atoms with Gasteiger partial charge in [-0.05, 0) is 35.2 Å². The predicted octanol–water partition coefficient (Wildman–Crippen LogP) is 6.88. The lowest BCUT2D eigenvalue weighted by Gasteiger charge is -2.15. The second kappa shape index (κ2) is 7.06. The number of hydrogen-bond acceptors (Lipinski definition) is 4. The summed E-state index contributed by atoms with van der Waals surface area (Å²) < 4.78 is 0. The number of hydrogen-bond donors (Lipinski definition) is 1. The Kier molecular flexibility index (Phi) is 4.62. The van der Waals surface area contributed by atoms with E-state index in [1.165, 1.54) is 5.56 Å². The fourth-order valence-corrected chi connectivity index (χ4v) is 4.10. The summed E-state index contributed by atoms with van der Waals surface area (Å²) in [5.74, 6) is 1.25. The van der Waals surface area contributed by atoms with Gasteiger partial charge < -0.3 is 5.32 Å². The minimum absolute atomic E-state index is 0.425. The van der Waals surface area contributed by atoms with Crippen molar-refractivity contribution in [1.82, 2.24) is 9.97 Å². The van der Waals surface area contributed by atoms with Crippen molar-refractivity contribution in [2.24, 2.45) is 0 Å². The summed E-state index contributed by atoms with van der Waals surface area (Å²) in [6.45, 7) is 4.39. The molecule has 0 unspecified atom stereocenters. The van der Waals surface area contributed by atoms with Crippen LogP contribution >= 0.6 is 22.9 Å². The number of aromatic nitrogens is 2. The molecule has 4 rings (SSSR count). The minimum Gasteiger partial charge on any atom is -0.339 e. The number of halogens is 1. The van der Waals surface area contributed by atoms with E-state index < -0.39 is 0 Å². The molecule has 0 spiro atoms. The number of benzene rings is 2. The van der Waals surface area contributed by atoms with E-state index in [9.17, 15) is 0 Å². The summed E-state index contributed by atoms with van der Waals surface area (Å²) in [7, 11) is 0. The van der Waals surface area contributed by atoms with Gasteiger partial charge in [-0.1, -0.05) is 55.8 Å². The smallest absolute Gasteiger partial charge is 0.143 e. The van der Waals surface area contributed by atoms with E-state index in [-0.39, 0.29) is 0 Å². The van der Waals surface area contributed by atoms with Gasteiger partial charge in [0.1, 0.15) is 17.0 Å². The number of nitrogens with zero attached hydrogens (tertiary/aromatic N) is 2. The zero-order valence-corrected chi connectivity index (χ0v) is 16.1. The maximum atomic E-state index is 6.04. The molecule has 0 fully saturated rings. The predicted molar refractivity (Wildman–Crippen MR) is 112 cm³/mol. The van der Waals surface area contributed by atoms with Crippen molar-refractivity contribution in [2.45, 2.75) is 19.8 Å². The zero-order chi connectivity index (χ0) is 18.1. The SMILES string of the molecule is CC(C)c1ccccc1Nc1ncnc2scc(-c3ccc(Cl)cc3)c12. The molecule has 4 aromatic rings. The minimum atomic E-state index is 0.425. The lowest BCUT2D eigenvalue weighted by molar-refractivity contribution is 0.869. The lowest BCUT2D eigenvalue weighted by Crippen LogP contribution is -2.00. The van der Waals surface area contributed by atoms with Crippen molar-refractivity contribution in [3.05, 3.63) is 70.8 Å². The normalized spacial score (nSPS) is 11.2. The molecule has 1 N–H and O–H groups in total. The van der Waals surface area contributed by atoms with E-state index in [1.807, 2.05) is 30.3 Å². The third kappa shape index (κ3) is 3.18. The monoisotopic (exact) mass is 379 g/mol. The van der Waals surface area contributed by atoms with Crippen LogP contribution in [0.1, 0.15) is 25.3 Å². The average molecular weight is 380 g/mol.